The zero-order chi connectivity index (χ0) is 16.0. The van der Waals surface area contributed by atoms with Crippen LogP contribution in [0.15, 0.2) is 59.4 Å². The van der Waals surface area contributed by atoms with Crippen LogP contribution in [0.2, 0.25) is 0 Å². The number of carbonyl (C=O) groups excluding carboxylic acids is 1. The van der Waals surface area contributed by atoms with Gasteiger partial charge in [-0.3, -0.25) is 9.59 Å². The lowest BCUT2D eigenvalue weighted by atomic mass is 10.1. The van der Waals surface area contributed by atoms with Crippen molar-refractivity contribution in [2.24, 2.45) is 0 Å². The van der Waals surface area contributed by atoms with Gasteiger partial charge in [0, 0.05) is 22.0 Å². The van der Waals surface area contributed by atoms with E-state index < -0.39 is 0 Å². The number of para-hydroxylation sites is 1. The monoisotopic (exact) mass is 302 g/mol. The third-order valence-corrected chi connectivity index (χ3v) is 4.07. The van der Waals surface area contributed by atoms with Crippen LogP contribution in [0.1, 0.15) is 17.3 Å². The second kappa shape index (κ2) is 4.95. The van der Waals surface area contributed by atoms with E-state index in [9.17, 15) is 9.59 Å². The molecular weight excluding hydrogens is 288 g/mol. The van der Waals surface area contributed by atoms with Gasteiger partial charge in [-0.25, -0.2) is 0 Å². The number of ketones is 1. The number of benzene rings is 2. The Kier molecular flexibility index (Phi) is 2.91. The van der Waals surface area contributed by atoms with Crippen molar-refractivity contribution in [1.82, 2.24) is 9.97 Å². The number of aromatic nitrogens is 2. The summed E-state index contributed by atoms with van der Waals surface area (Å²) in [5.41, 5.74) is 3.57. The maximum atomic E-state index is 12.4. The zero-order valence-corrected chi connectivity index (χ0v) is 12.5. The Morgan fingerprint density at radius 1 is 0.870 bits per heavy atom. The van der Waals surface area contributed by atoms with Crippen molar-refractivity contribution in [3.05, 3.63) is 70.5 Å². The van der Waals surface area contributed by atoms with Crippen LogP contribution in [0.5, 0.6) is 0 Å². The van der Waals surface area contributed by atoms with Gasteiger partial charge in [-0.05, 0) is 48.7 Å². The lowest BCUT2D eigenvalue weighted by Gasteiger charge is -2.01. The SMILES string of the molecule is CC(=O)c1ccc2[nH]c(-c3cc4ccccc4[nH]c3=O)cc2c1. The van der Waals surface area contributed by atoms with E-state index in [0.29, 0.717) is 11.1 Å². The maximum Gasteiger partial charge on any atom is 0.257 e. The number of carbonyl (C=O) groups is 1. The number of fused-ring (bicyclic) bond motifs is 2. The molecule has 0 aliphatic rings. The molecule has 0 fully saturated rings. The number of aromatic amines is 2. The van der Waals surface area contributed by atoms with Gasteiger partial charge >= 0.3 is 0 Å². The number of nitrogens with one attached hydrogen (secondary N) is 2. The van der Waals surface area contributed by atoms with Gasteiger partial charge in [0.05, 0.1) is 11.3 Å². The molecule has 0 saturated carbocycles. The van der Waals surface area contributed by atoms with Crippen molar-refractivity contribution in [3.63, 3.8) is 0 Å². The lowest BCUT2D eigenvalue weighted by molar-refractivity contribution is 0.101. The Labute approximate surface area is 131 Å². The fourth-order valence-corrected chi connectivity index (χ4v) is 2.84. The summed E-state index contributed by atoms with van der Waals surface area (Å²) in [6, 6.07) is 17.0. The van der Waals surface area contributed by atoms with Crippen molar-refractivity contribution in [3.8, 4) is 11.3 Å². The topological polar surface area (TPSA) is 65.7 Å². The summed E-state index contributed by atoms with van der Waals surface area (Å²) in [6.07, 6.45) is 0. The zero-order valence-electron chi connectivity index (χ0n) is 12.5. The van der Waals surface area contributed by atoms with E-state index >= 15 is 0 Å². The largest absolute Gasteiger partial charge is 0.354 e. The molecule has 0 radical (unpaired) electrons. The van der Waals surface area contributed by atoms with Gasteiger partial charge in [0.1, 0.15) is 0 Å². The minimum atomic E-state index is -0.137. The maximum absolute atomic E-state index is 12.4. The quantitative estimate of drug-likeness (QED) is 0.552. The fraction of sp³-hybridized carbons (Fsp3) is 0.0526. The van der Waals surface area contributed by atoms with Crippen LogP contribution in [-0.4, -0.2) is 15.8 Å². The number of pyridine rings is 1. The molecular formula is C19H14N2O2. The van der Waals surface area contributed by atoms with Crippen LogP contribution in [0.3, 0.4) is 0 Å². The lowest BCUT2D eigenvalue weighted by Crippen LogP contribution is -2.08. The second-order valence-corrected chi connectivity index (χ2v) is 5.64. The van der Waals surface area contributed by atoms with Gasteiger partial charge in [-0.15, -0.1) is 0 Å². The molecule has 2 heterocycles. The first-order chi connectivity index (χ1) is 11.1. The number of H-pyrrole nitrogens is 2. The molecule has 0 amide bonds. The summed E-state index contributed by atoms with van der Waals surface area (Å²) in [6.45, 7) is 1.54. The highest BCUT2D eigenvalue weighted by atomic mass is 16.1. The van der Waals surface area contributed by atoms with Crippen molar-refractivity contribution in [2.75, 3.05) is 0 Å². The molecule has 0 atom stereocenters. The molecule has 2 aromatic heterocycles. The summed E-state index contributed by atoms with van der Waals surface area (Å²) < 4.78 is 0. The van der Waals surface area contributed by atoms with Crippen LogP contribution < -0.4 is 5.56 Å². The third kappa shape index (κ3) is 2.25. The molecule has 4 nitrogen and oxygen atoms in total. The second-order valence-electron chi connectivity index (χ2n) is 5.64. The van der Waals surface area contributed by atoms with E-state index in [0.717, 1.165) is 27.5 Å². The van der Waals surface area contributed by atoms with E-state index in [1.165, 1.54) is 0 Å². The van der Waals surface area contributed by atoms with Gasteiger partial charge in [0.15, 0.2) is 5.78 Å². The first kappa shape index (κ1) is 13.5. The Hall–Kier alpha value is -3.14. The third-order valence-electron chi connectivity index (χ3n) is 4.07. The average Bonchev–Trinajstić information content (AvgIpc) is 2.96. The minimum Gasteiger partial charge on any atom is -0.354 e. The first-order valence-corrected chi connectivity index (χ1v) is 7.38. The summed E-state index contributed by atoms with van der Waals surface area (Å²) >= 11 is 0. The van der Waals surface area contributed by atoms with Crippen molar-refractivity contribution in [1.29, 1.82) is 0 Å². The van der Waals surface area contributed by atoms with E-state index in [4.69, 9.17) is 0 Å². The molecule has 0 unspecified atom stereocenters. The minimum absolute atomic E-state index is 0.0261. The van der Waals surface area contributed by atoms with Crippen molar-refractivity contribution in [2.45, 2.75) is 6.92 Å². The van der Waals surface area contributed by atoms with Crippen LogP contribution >= 0.6 is 0 Å². The highest BCUT2D eigenvalue weighted by Crippen LogP contribution is 2.24. The Morgan fingerprint density at radius 3 is 2.48 bits per heavy atom. The van der Waals surface area contributed by atoms with E-state index in [1.54, 1.807) is 13.0 Å². The molecule has 2 N–H and O–H groups in total. The molecule has 4 aromatic rings. The fourth-order valence-electron chi connectivity index (χ4n) is 2.84. The molecule has 4 rings (SSSR count). The molecule has 23 heavy (non-hydrogen) atoms. The van der Waals surface area contributed by atoms with Gasteiger partial charge < -0.3 is 9.97 Å². The van der Waals surface area contributed by atoms with Crippen molar-refractivity contribution >= 4 is 27.6 Å². The Bertz CT molecular complexity index is 1120. The van der Waals surface area contributed by atoms with E-state index in [-0.39, 0.29) is 11.3 Å². The average molecular weight is 302 g/mol. The van der Waals surface area contributed by atoms with Crippen molar-refractivity contribution < 1.29 is 4.79 Å². The number of hydrogen-bond acceptors (Lipinski definition) is 2. The van der Waals surface area contributed by atoms with E-state index in [2.05, 4.69) is 9.97 Å². The molecule has 0 bridgehead atoms. The number of rotatable bonds is 2. The predicted molar refractivity (Wildman–Crippen MR) is 91.9 cm³/mol. The summed E-state index contributed by atoms with van der Waals surface area (Å²) in [5.74, 6) is 0.0261. The van der Waals surface area contributed by atoms with E-state index in [1.807, 2.05) is 48.5 Å². The van der Waals surface area contributed by atoms with Crippen LogP contribution in [0, 0.1) is 0 Å². The van der Waals surface area contributed by atoms with Gasteiger partial charge in [0.2, 0.25) is 0 Å². The number of Topliss-reactive ketones (excluding diaryl/α,β-unsaturated/α-hetero) is 1. The Balaban J connectivity index is 1.93. The molecule has 2 aromatic carbocycles. The molecule has 0 aliphatic carbocycles. The summed E-state index contributed by atoms with van der Waals surface area (Å²) in [7, 11) is 0. The normalized spacial score (nSPS) is 11.2. The summed E-state index contributed by atoms with van der Waals surface area (Å²) in [4.78, 5) is 30.0. The molecule has 0 aliphatic heterocycles. The molecule has 0 spiro atoms. The molecule has 0 saturated heterocycles. The molecule has 4 heteroatoms. The standard InChI is InChI=1S/C19H14N2O2/c1-11(22)12-6-7-17-14(8-12)10-18(20-17)15-9-13-4-2-3-5-16(13)21-19(15)23/h2-10,20H,1H3,(H,21,23). The first-order valence-electron chi connectivity index (χ1n) is 7.38. The highest BCUT2D eigenvalue weighted by molar-refractivity contribution is 5.99. The van der Waals surface area contributed by atoms with Crippen LogP contribution in [-0.2, 0) is 0 Å². The highest BCUT2D eigenvalue weighted by Gasteiger charge is 2.10. The summed E-state index contributed by atoms with van der Waals surface area (Å²) in [5, 5.41) is 1.89. The van der Waals surface area contributed by atoms with Crippen LogP contribution in [0.25, 0.3) is 33.1 Å². The smallest absolute Gasteiger partial charge is 0.257 e. The van der Waals surface area contributed by atoms with Crippen LogP contribution in [0.4, 0.5) is 0 Å². The Morgan fingerprint density at radius 2 is 1.65 bits per heavy atom. The molecule has 112 valence electrons. The van der Waals surface area contributed by atoms with Gasteiger partial charge in [-0.1, -0.05) is 18.2 Å². The van der Waals surface area contributed by atoms with Gasteiger partial charge in [-0.2, -0.15) is 0 Å². The van der Waals surface area contributed by atoms with Gasteiger partial charge in [0.25, 0.3) is 5.56 Å². The number of hydrogen-bond donors (Lipinski definition) is 2. The predicted octanol–water partition coefficient (Wildman–Crippen LogP) is 3.88.